The lowest BCUT2D eigenvalue weighted by Gasteiger charge is -2.17. The fourth-order valence-electron chi connectivity index (χ4n) is 1.27. The molecule has 1 N–H and O–H groups in total. The minimum absolute atomic E-state index is 0.115. The Bertz CT molecular complexity index is 420. The summed E-state index contributed by atoms with van der Waals surface area (Å²) in [6.07, 6.45) is 0.115. The number of anilines is 1. The molecule has 0 saturated carbocycles. The summed E-state index contributed by atoms with van der Waals surface area (Å²) in [7, 11) is 3.14. The molecule has 3 amide bonds. The third kappa shape index (κ3) is 3.92. The van der Waals surface area contributed by atoms with Gasteiger partial charge in [0.25, 0.3) is 0 Å². The summed E-state index contributed by atoms with van der Waals surface area (Å²) >= 11 is 5.41. The normalized spacial score (nSPS) is 9.72. The molecule has 18 heavy (non-hydrogen) atoms. The van der Waals surface area contributed by atoms with Crippen LogP contribution in [0.4, 0.5) is 10.5 Å². The van der Waals surface area contributed by atoms with Crippen LogP contribution in [0.15, 0.2) is 24.3 Å². The van der Waals surface area contributed by atoms with Gasteiger partial charge in [-0.05, 0) is 24.3 Å². The second kappa shape index (κ2) is 6.86. The average molecular weight is 271 g/mol. The molecule has 0 atom stereocenters. The first-order valence-electron chi connectivity index (χ1n) is 5.36. The van der Waals surface area contributed by atoms with Crippen LogP contribution >= 0.6 is 11.6 Å². The monoisotopic (exact) mass is 270 g/mol. The highest BCUT2D eigenvalue weighted by Crippen LogP contribution is 2.17. The Balaban J connectivity index is 2.64. The van der Waals surface area contributed by atoms with Crippen molar-refractivity contribution in [3.8, 4) is 5.75 Å². The maximum Gasteiger partial charge on any atom is 0.328 e. The van der Waals surface area contributed by atoms with Gasteiger partial charge < -0.3 is 4.74 Å². The first kappa shape index (κ1) is 14.3. The summed E-state index contributed by atoms with van der Waals surface area (Å²) in [4.78, 5) is 24.3. The third-order valence-electron chi connectivity index (χ3n) is 2.33. The van der Waals surface area contributed by atoms with Crippen LogP contribution in [-0.2, 0) is 4.79 Å². The Labute approximate surface area is 111 Å². The smallest absolute Gasteiger partial charge is 0.328 e. The van der Waals surface area contributed by atoms with Crippen LogP contribution in [0.3, 0.4) is 0 Å². The maximum absolute atomic E-state index is 11.7. The number of ether oxygens (including phenoxy) is 1. The van der Waals surface area contributed by atoms with Crippen molar-refractivity contribution in [1.29, 1.82) is 0 Å². The van der Waals surface area contributed by atoms with Gasteiger partial charge in [0, 0.05) is 25.0 Å². The maximum atomic E-state index is 11.7. The first-order valence-corrected chi connectivity index (χ1v) is 5.89. The van der Waals surface area contributed by atoms with Crippen molar-refractivity contribution in [2.24, 2.45) is 0 Å². The topological polar surface area (TPSA) is 58.6 Å². The third-order valence-corrected chi connectivity index (χ3v) is 2.52. The Kier molecular flexibility index (Phi) is 5.45. The predicted octanol–water partition coefficient (Wildman–Crippen LogP) is 2.00. The first-order chi connectivity index (χ1) is 8.58. The Morgan fingerprint density at radius 3 is 2.44 bits per heavy atom. The lowest BCUT2D eigenvalue weighted by Crippen LogP contribution is -2.40. The number of carbonyl (C=O) groups excluding carboxylic acids is 2. The molecule has 98 valence electrons. The van der Waals surface area contributed by atoms with Gasteiger partial charge in [0.05, 0.1) is 7.11 Å². The molecule has 0 aromatic heterocycles. The van der Waals surface area contributed by atoms with Crippen LogP contribution < -0.4 is 15.0 Å². The largest absolute Gasteiger partial charge is 0.497 e. The zero-order valence-electron chi connectivity index (χ0n) is 10.3. The summed E-state index contributed by atoms with van der Waals surface area (Å²) in [5, 5.41) is 2.24. The van der Waals surface area contributed by atoms with E-state index in [9.17, 15) is 9.59 Å². The summed E-state index contributed by atoms with van der Waals surface area (Å²) in [6.45, 7) is 0. The van der Waals surface area contributed by atoms with Gasteiger partial charge >= 0.3 is 6.03 Å². The number of hydrogen-bond acceptors (Lipinski definition) is 3. The molecule has 1 rings (SSSR count). The molecular weight excluding hydrogens is 256 g/mol. The Morgan fingerprint density at radius 1 is 1.33 bits per heavy atom. The lowest BCUT2D eigenvalue weighted by molar-refractivity contribution is -0.119. The molecule has 0 aliphatic carbocycles. The molecule has 6 heteroatoms. The van der Waals surface area contributed by atoms with Gasteiger partial charge in [0.15, 0.2) is 0 Å². The van der Waals surface area contributed by atoms with Crippen molar-refractivity contribution < 1.29 is 14.3 Å². The number of amides is 3. The molecule has 0 unspecified atom stereocenters. The van der Waals surface area contributed by atoms with Crippen LogP contribution in [0.1, 0.15) is 6.42 Å². The number of methoxy groups -OCH3 is 1. The van der Waals surface area contributed by atoms with Gasteiger partial charge in [-0.3, -0.25) is 15.0 Å². The van der Waals surface area contributed by atoms with Gasteiger partial charge in [-0.2, -0.15) is 0 Å². The number of urea groups is 1. The number of nitrogens with one attached hydrogen (secondary N) is 1. The van der Waals surface area contributed by atoms with Crippen LogP contribution in [0, 0.1) is 0 Å². The highest BCUT2D eigenvalue weighted by atomic mass is 35.5. The fourth-order valence-corrected chi connectivity index (χ4v) is 1.45. The number of hydrogen-bond donors (Lipinski definition) is 1. The van der Waals surface area contributed by atoms with E-state index in [1.165, 1.54) is 4.90 Å². The fraction of sp³-hybridized carbons (Fsp3) is 0.333. The predicted molar refractivity (Wildman–Crippen MR) is 70.3 cm³/mol. The highest BCUT2D eigenvalue weighted by Gasteiger charge is 2.13. The van der Waals surface area contributed by atoms with Crippen LogP contribution in [0.2, 0.25) is 0 Å². The van der Waals surface area contributed by atoms with Crippen molar-refractivity contribution in [2.45, 2.75) is 6.42 Å². The van der Waals surface area contributed by atoms with E-state index < -0.39 is 11.9 Å². The van der Waals surface area contributed by atoms with Crippen LogP contribution in [0.5, 0.6) is 5.75 Å². The molecule has 1 aromatic rings. The highest BCUT2D eigenvalue weighted by molar-refractivity contribution is 6.19. The van der Waals surface area contributed by atoms with E-state index in [1.807, 2.05) is 0 Å². The van der Waals surface area contributed by atoms with Gasteiger partial charge in [0.2, 0.25) is 5.91 Å². The van der Waals surface area contributed by atoms with Crippen LogP contribution in [0.25, 0.3) is 0 Å². The Morgan fingerprint density at radius 2 is 1.94 bits per heavy atom. The molecule has 0 aliphatic rings. The van der Waals surface area contributed by atoms with E-state index in [-0.39, 0.29) is 12.3 Å². The second-order valence-electron chi connectivity index (χ2n) is 3.55. The number of rotatable bonds is 4. The van der Waals surface area contributed by atoms with Gasteiger partial charge in [-0.1, -0.05) is 0 Å². The van der Waals surface area contributed by atoms with Crippen LogP contribution in [-0.4, -0.2) is 32.0 Å². The van der Waals surface area contributed by atoms with E-state index in [0.29, 0.717) is 11.4 Å². The molecule has 5 nitrogen and oxygen atoms in total. The summed E-state index contributed by atoms with van der Waals surface area (Å²) < 4.78 is 5.02. The summed E-state index contributed by atoms with van der Waals surface area (Å²) in [5.41, 5.74) is 0.659. The molecule has 0 bridgehead atoms. The van der Waals surface area contributed by atoms with Gasteiger partial charge in [0.1, 0.15) is 5.75 Å². The number of carbonyl (C=O) groups is 2. The number of nitrogens with zero attached hydrogens (tertiary/aromatic N) is 1. The lowest BCUT2D eigenvalue weighted by atomic mass is 10.3. The minimum Gasteiger partial charge on any atom is -0.497 e. The number of alkyl halides is 1. The molecule has 1 aromatic carbocycles. The SMILES string of the molecule is COc1ccc(N(C)C(=O)NC(=O)CCCl)cc1. The minimum atomic E-state index is -0.490. The quantitative estimate of drug-likeness (QED) is 0.852. The number of benzene rings is 1. The van der Waals surface area contributed by atoms with E-state index in [0.717, 1.165) is 0 Å². The molecule has 0 spiro atoms. The van der Waals surface area contributed by atoms with Gasteiger partial charge in [-0.15, -0.1) is 11.6 Å². The summed E-state index contributed by atoms with van der Waals surface area (Å²) in [5.74, 6) is 0.492. The van der Waals surface area contributed by atoms with E-state index in [2.05, 4.69) is 5.32 Å². The van der Waals surface area contributed by atoms with Crippen molar-refractivity contribution in [3.05, 3.63) is 24.3 Å². The average Bonchev–Trinajstić information content (AvgIpc) is 2.38. The standard InChI is InChI=1S/C12H15ClN2O3/c1-15(12(17)14-11(16)7-8-13)9-3-5-10(18-2)6-4-9/h3-6H,7-8H2,1-2H3,(H,14,16,17). The molecular formula is C12H15ClN2O3. The van der Waals surface area contributed by atoms with Gasteiger partial charge in [-0.25, -0.2) is 4.79 Å². The van der Waals surface area contributed by atoms with E-state index in [4.69, 9.17) is 16.3 Å². The van der Waals surface area contributed by atoms with E-state index >= 15 is 0 Å². The molecule has 0 heterocycles. The van der Waals surface area contributed by atoms with E-state index in [1.54, 1.807) is 38.4 Å². The number of halogens is 1. The number of imide groups is 1. The molecule has 0 saturated heterocycles. The zero-order chi connectivity index (χ0) is 13.5. The Hall–Kier alpha value is -1.75. The summed E-state index contributed by atoms with van der Waals surface area (Å²) in [6, 6.07) is 6.43. The van der Waals surface area contributed by atoms with Crippen molar-refractivity contribution in [1.82, 2.24) is 5.32 Å². The molecule has 0 fully saturated rings. The zero-order valence-corrected chi connectivity index (χ0v) is 11.0. The van der Waals surface area contributed by atoms with Crippen molar-refractivity contribution in [3.63, 3.8) is 0 Å². The second-order valence-corrected chi connectivity index (χ2v) is 3.93. The molecule has 0 aliphatic heterocycles. The van der Waals surface area contributed by atoms with Crippen molar-refractivity contribution >= 4 is 29.2 Å². The van der Waals surface area contributed by atoms with Crippen molar-refractivity contribution in [2.75, 3.05) is 24.9 Å². The molecule has 0 radical (unpaired) electrons.